The number of allylic oxidation sites excluding steroid dienone is 2. The molecule has 2 aliphatic rings. The van der Waals surface area contributed by atoms with Crippen molar-refractivity contribution in [1.29, 1.82) is 0 Å². The van der Waals surface area contributed by atoms with E-state index in [1.807, 2.05) is 43.3 Å². The number of halogens is 3. The summed E-state index contributed by atoms with van der Waals surface area (Å²) in [5.41, 5.74) is 3.16. The van der Waals surface area contributed by atoms with Crippen molar-refractivity contribution in [1.82, 2.24) is 0 Å². The van der Waals surface area contributed by atoms with Crippen LogP contribution in [0.2, 0.25) is 0 Å². The number of rotatable bonds is 9. The van der Waals surface area contributed by atoms with E-state index in [0.717, 1.165) is 41.4 Å². The fourth-order valence-electron chi connectivity index (χ4n) is 6.90. The summed E-state index contributed by atoms with van der Waals surface area (Å²) in [5.74, 6) is 0.414. The average molecular weight is 559 g/mol. The minimum Gasteiger partial charge on any atom is -0.490 e. The van der Waals surface area contributed by atoms with Crippen LogP contribution in [0.3, 0.4) is 0 Å². The van der Waals surface area contributed by atoms with Crippen molar-refractivity contribution in [2.24, 2.45) is 17.8 Å². The first kappa shape index (κ1) is 29.2. The molecule has 0 N–H and O–H groups in total. The van der Waals surface area contributed by atoms with Crippen LogP contribution in [-0.4, -0.2) is 6.61 Å². The maximum Gasteiger partial charge on any atom is 0.201 e. The third-order valence-corrected chi connectivity index (χ3v) is 9.38. The van der Waals surface area contributed by atoms with Crippen molar-refractivity contribution < 1.29 is 17.9 Å². The Balaban J connectivity index is 1.21. The first-order valence-electron chi connectivity index (χ1n) is 15.2. The van der Waals surface area contributed by atoms with Crippen molar-refractivity contribution in [2.45, 2.75) is 70.6 Å². The van der Waals surface area contributed by atoms with Crippen LogP contribution in [0.4, 0.5) is 13.2 Å². The minimum atomic E-state index is -0.987. The molecule has 2 fully saturated rings. The van der Waals surface area contributed by atoms with E-state index in [1.165, 1.54) is 50.7 Å². The SMILES string of the molecule is C=CC1CCC(C2CCC(c3ccc(-c4ccc(-c5ccc(OCC/C=C\C)c(F)c5F)cc4)cc3F)CC2)CC1. The van der Waals surface area contributed by atoms with Crippen molar-refractivity contribution in [3.63, 3.8) is 0 Å². The third kappa shape index (κ3) is 6.80. The molecule has 0 saturated heterocycles. The van der Waals surface area contributed by atoms with Gasteiger partial charge in [0.2, 0.25) is 5.82 Å². The molecule has 5 rings (SSSR count). The Morgan fingerprint density at radius 2 is 1.39 bits per heavy atom. The number of ether oxygens (including phenoxy) is 1. The van der Waals surface area contributed by atoms with Crippen LogP contribution in [0, 0.1) is 35.2 Å². The van der Waals surface area contributed by atoms with Gasteiger partial charge in [-0.25, -0.2) is 8.78 Å². The summed E-state index contributed by atoms with van der Waals surface area (Å²) < 4.78 is 50.2. The van der Waals surface area contributed by atoms with Gasteiger partial charge in [-0.15, -0.1) is 6.58 Å². The molecule has 2 saturated carbocycles. The molecule has 0 bridgehead atoms. The highest BCUT2D eigenvalue weighted by molar-refractivity contribution is 5.71. The molecule has 216 valence electrons. The first-order chi connectivity index (χ1) is 20.0. The third-order valence-electron chi connectivity index (χ3n) is 9.38. The Kier molecular flexibility index (Phi) is 9.69. The van der Waals surface area contributed by atoms with Crippen molar-refractivity contribution in [2.75, 3.05) is 6.61 Å². The van der Waals surface area contributed by atoms with Gasteiger partial charge in [-0.1, -0.05) is 54.6 Å². The summed E-state index contributed by atoms with van der Waals surface area (Å²) in [5, 5.41) is 0. The van der Waals surface area contributed by atoms with Gasteiger partial charge in [-0.2, -0.15) is 4.39 Å². The quantitative estimate of drug-likeness (QED) is 0.187. The first-order valence-corrected chi connectivity index (χ1v) is 15.2. The summed E-state index contributed by atoms with van der Waals surface area (Å²) >= 11 is 0. The van der Waals surface area contributed by atoms with Crippen molar-refractivity contribution in [3.05, 3.63) is 102 Å². The summed E-state index contributed by atoms with van der Waals surface area (Å²) in [6.07, 6.45) is 16.2. The zero-order valence-electron chi connectivity index (χ0n) is 24.1. The van der Waals surface area contributed by atoms with Gasteiger partial charge in [0, 0.05) is 5.56 Å². The Morgan fingerprint density at radius 3 is 2.02 bits per heavy atom. The molecular weight excluding hydrogens is 517 g/mol. The molecule has 3 aromatic rings. The van der Waals surface area contributed by atoms with E-state index in [0.29, 0.717) is 17.9 Å². The molecule has 0 heterocycles. The lowest BCUT2D eigenvalue weighted by molar-refractivity contribution is 0.171. The van der Waals surface area contributed by atoms with Gasteiger partial charge < -0.3 is 4.74 Å². The van der Waals surface area contributed by atoms with Crippen LogP contribution in [-0.2, 0) is 0 Å². The lowest BCUT2D eigenvalue weighted by Gasteiger charge is -2.37. The van der Waals surface area contributed by atoms with E-state index in [9.17, 15) is 8.78 Å². The monoisotopic (exact) mass is 558 g/mol. The largest absolute Gasteiger partial charge is 0.490 e. The summed E-state index contributed by atoms with van der Waals surface area (Å²) in [6, 6.07) is 15.7. The number of benzene rings is 3. The van der Waals surface area contributed by atoms with E-state index in [1.54, 1.807) is 18.2 Å². The molecule has 0 unspecified atom stereocenters. The van der Waals surface area contributed by atoms with E-state index in [4.69, 9.17) is 4.74 Å². The highest BCUT2D eigenvalue weighted by Crippen LogP contribution is 2.44. The molecule has 0 amide bonds. The van der Waals surface area contributed by atoms with Crippen LogP contribution < -0.4 is 4.74 Å². The standard InChI is InChI=1S/C37H41F3O/c1-3-5-6-23-41-35-22-21-33(36(39)37(35)40)30-17-13-28(14-18-30)31-19-20-32(34(38)24-31)29-15-11-27(12-16-29)26-9-7-25(4-2)8-10-26/h3-5,13-14,17-22,24-27,29H,2,6-12,15-16,23H2,1H3/b5-3-. The molecule has 2 aliphatic carbocycles. The zero-order chi connectivity index (χ0) is 28.8. The molecule has 0 aromatic heterocycles. The van der Waals surface area contributed by atoms with Gasteiger partial charge in [0.25, 0.3) is 0 Å². The van der Waals surface area contributed by atoms with Crippen molar-refractivity contribution >= 4 is 0 Å². The van der Waals surface area contributed by atoms with Crippen LogP contribution in [0.15, 0.2) is 79.4 Å². The summed E-state index contributed by atoms with van der Waals surface area (Å²) in [7, 11) is 0. The molecule has 0 radical (unpaired) electrons. The van der Waals surface area contributed by atoms with Crippen LogP contribution in [0.1, 0.15) is 76.2 Å². The molecule has 3 aromatic carbocycles. The molecule has 0 aliphatic heterocycles. The molecule has 4 heteroatoms. The van der Waals surface area contributed by atoms with E-state index in [-0.39, 0.29) is 29.7 Å². The zero-order valence-corrected chi connectivity index (χ0v) is 24.1. The second-order valence-corrected chi connectivity index (χ2v) is 11.8. The highest BCUT2D eigenvalue weighted by Gasteiger charge is 2.31. The van der Waals surface area contributed by atoms with Crippen LogP contribution >= 0.6 is 0 Å². The molecule has 0 atom stereocenters. The summed E-state index contributed by atoms with van der Waals surface area (Å²) in [6.45, 7) is 6.15. The number of hydrogen-bond donors (Lipinski definition) is 0. The van der Waals surface area contributed by atoms with Gasteiger partial charge in [0.05, 0.1) is 6.61 Å². The summed E-state index contributed by atoms with van der Waals surface area (Å²) in [4.78, 5) is 0. The Labute approximate surface area is 243 Å². The van der Waals surface area contributed by atoms with E-state index >= 15 is 4.39 Å². The van der Waals surface area contributed by atoms with Gasteiger partial charge in [-0.05, 0) is 129 Å². The van der Waals surface area contributed by atoms with Gasteiger partial charge in [-0.3, -0.25) is 0 Å². The average Bonchev–Trinajstić information content (AvgIpc) is 3.01. The molecular formula is C37H41F3O. The fourth-order valence-corrected chi connectivity index (χ4v) is 6.90. The lowest BCUT2D eigenvalue weighted by atomic mass is 9.68. The maximum absolute atomic E-state index is 15.3. The van der Waals surface area contributed by atoms with Crippen molar-refractivity contribution in [3.8, 4) is 28.0 Å². The predicted octanol–water partition coefficient (Wildman–Crippen LogP) is 11.0. The Morgan fingerprint density at radius 1 is 0.756 bits per heavy atom. The van der Waals surface area contributed by atoms with Crippen LogP contribution in [0.5, 0.6) is 5.75 Å². The van der Waals surface area contributed by atoms with Gasteiger partial charge in [0.1, 0.15) is 5.82 Å². The smallest absolute Gasteiger partial charge is 0.201 e. The van der Waals surface area contributed by atoms with Crippen LogP contribution in [0.25, 0.3) is 22.3 Å². The lowest BCUT2D eigenvalue weighted by Crippen LogP contribution is -2.25. The Bertz CT molecular complexity index is 1340. The fraction of sp³-hybridized carbons (Fsp3) is 0.405. The normalized spacial score (nSPS) is 23.0. The highest BCUT2D eigenvalue weighted by atomic mass is 19.2. The number of hydrogen-bond acceptors (Lipinski definition) is 1. The topological polar surface area (TPSA) is 9.23 Å². The second kappa shape index (κ2) is 13.6. The second-order valence-electron chi connectivity index (χ2n) is 11.8. The molecule has 0 spiro atoms. The van der Waals surface area contributed by atoms with Gasteiger partial charge >= 0.3 is 0 Å². The molecule has 41 heavy (non-hydrogen) atoms. The predicted molar refractivity (Wildman–Crippen MR) is 162 cm³/mol. The molecule has 1 nitrogen and oxygen atoms in total. The Hall–Kier alpha value is -3.27. The maximum atomic E-state index is 15.3. The van der Waals surface area contributed by atoms with E-state index in [2.05, 4.69) is 12.7 Å². The van der Waals surface area contributed by atoms with Gasteiger partial charge in [0.15, 0.2) is 11.6 Å². The minimum absolute atomic E-state index is 0.0907. The van der Waals surface area contributed by atoms with E-state index < -0.39 is 11.6 Å².